The predicted molar refractivity (Wildman–Crippen MR) is 169 cm³/mol. The van der Waals surface area contributed by atoms with Gasteiger partial charge in [-0.25, -0.2) is 0 Å². The number of hydrogen-bond donors (Lipinski definition) is 0. The Kier molecular flexibility index (Phi) is 9.17. The molecule has 0 nitrogen and oxygen atoms in total. The molecule has 0 amide bonds. The molecule has 2 aliphatic carbocycles. The molecule has 0 fully saturated rings. The molecule has 1 unspecified atom stereocenters. The Morgan fingerprint density at radius 3 is 1.49 bits per heavy atom. The molecule has 0 aromatic heterocycles. The summed E-state index contributed by atoms with van der Waals surface area (Å²) in [5.74, 6) is 0.464. The van der Waals surface area contributed by atoms with Crippen LogP contribution in [0, 0.1) is 11.3 Å². The van der Waals surface area contributed by atoms with E-state index in [9.17, 15) is 0 Å². The average molecular weight is 631 g/mol. The van der Waals surface area contributed by atoms with Crippen molar-refractivity contribution in [1.82, 2.24) is 0 Å². The van der Waals surface area contributed by atoms with E-state index in [1.165, 1.54) is 39.0 Å². The molecule has 0 aliphatic heterocycles. The van der Waals surface area contributed by atoms with Crippen LogP contribution < -0.4 is 0 Å². The van der Waals surface area contributed by atoms with Crippen LogP contribution in [0.25, 0.3) is 11.1 Å². The predicted octanol–water partition coefficient (Wildman–Crippen LogP) is 9.99. The molecule has 2 aliphatic rings. The van der Waals surface area contributed by atoms with E-state index < -0.39 is 21.3 Å². The van der Waals surface area contributed by atoms with Crippen molar-refractivity contribution in [2.45, 2.75) is 31.3 Å². The summed E-state index contributed by atoms with van der Waals surface area (Å²) in [6.45, 7) is 9.50. The first-order valence-corrected chi connectivity index (χ1v) is 17.3. The molecule has 0 bridgehead atoms. The summed E-state index contributed by atoms with van der Waals surface area (Å²) in [6, 6.07) is 40.9. The van der Waals surface area contributed by atoms with Crippen LogP contribution in [0.4, 0.5) is 0 Å². The Balaban J connectivity index is 0.00000176. The van der Waals surface area contributed by atoms with Gasteiger partial charge in [0.2, 0.25) is 0 Å². The summed E-state index contributed by atoms with van der Waals surface area (Å²) in [5, 5.41) is 0. The molecule has 1 atom stereocenters. The van der Waals surface area contributed by atoms with Gasteiger partial charge in [0.15, 0.2) is 0 Å². The summed E-state index contributed by atoms with van der Waals surface area (Å²) < 4.78 is 3.78. The van der Waals surface area contributed by atoms with E-state index in [1.807, 2.05) is 0 Å². The van der Waals surface area contributed by atoms with Crippen molar-refractivity contribution in [2.24, 2.45) is 11.3 Å². The fourth-order valence-electron chi connectivity index (χ4n) is 6.10. The summed E-state index contributed by atoms with van der Waals surface area (Å²) in [4.78, 5) is 0. The van der Waals surface area contributed by atoms with Gasteiger partial charge in [-0.3, -0.25) is 0 Å². The first kappa shape index (κ1) is 29.7. The van der Waals surface area contributed by atoms with Crippen LogP contribution >= 0.6 is 24.8 Å². The number of allylic oxidation sites excluding steroid dienone is 4. The van der Waals surface area contributed by atoms with Gasteiger partial charge in [0.05, 0.1) is 0 Å². The third-order valence-corrected chi connectivity index (χ3v) is 16.6. The third-order valence-electron chi connectivity index (χ3n) is 7.92. The van der Waals surface area contributed by atoms with E-state index >= 15 is 0 Å². The molecular formula is C36H36Cl2Zr. The fraction of sp³-hybridized carbons (Fsp3) is 0.194. The van der Waals surface area contributed by atoms with Gasteiger partial charge >= 0.3 is 231 Å². The van der Waals surface area contributed by atoms with Crippen molar-refractivity contribution in [3.63, 3.8) is 0 Å². The minimum atomic E-state index is -2.67. The molecular weight excluding hydrogens is 595 g/mol. The Bertz CT molecular complexity index is 1470. The Morgan fingerprint density at radius 1 is 0.615 bits per heavy atom. The smallest absolute Gasteiger partial charge is 0.147 e. The zero-order valence-corrected chi connectivity index (χ0v) is 27.1. The van der Waals surface area contributed by atoms with Gasteiger partial charge in [0.1, 0.15) is 0 Å². The van der Waals surface area contributed by atoms with Crippen LogP contribution in [0.1, 0.15) is 53.6 Å². The minimum absolute atomic E-state index is 0. The summed E-state index contributed by atoms with van der Waals surface area (Å²) in [5.41, 5.74) is 10.3. The number of fused-ring (bicyclic) bond motifs is 3. The molecule has 6 rings (SSSR count). The molecule has 4 aromatic rings. The van der Waals surface area contributed by atoms with Gasteiger partial charge in [0, 0.05) is 0 Å². The first-order valence-electron chi connectivity index (χ1n) is 13.4. The van der Waals surface area contributed by atoms with E-state index in [4.69, 9.17) is 0 Å². The topological polar surface area (TPSA) is 0 Å². The van der Waals surface area contributed by atoms with Crippen molar-refractivity contribution in [3.05, 3.63) is 152 Å². The van der Waals surface area contributed by atoms with Gasteiger partial charge in [-0.2, -0.15) is 0 Å². The standard InChI is InChI=1S/C13H9.C13H10.C10H15.2ClH.Zr/c1-3-7-12-10(5-1)9-11-6-2-4-8-13(11)12;1-3-7-12(8-4-1)11-13-9-5-2-6-10-13;1-8-5-6-9(7-8)10(2,3)4;;;/h1-9H;1-10H;6-8H,1-4H3;2*1H;. The van der Waals surface area contributed by atoms with E-state index in [0.29, 0.717) is 9.54 Å². The van der Waals surface area contributed by atoms with E-state index in [-0.39, 0.29) is 30.2 Å². The molecule has 0 N–H and O–H groups in total. The number of rotatable bonds is 4. The monoisotopic (exact) mass is 628 g/mol. The quantitative estimate of drug-likeness (QED) is 0.211. The van der Waals surface area contributed by atoms with Crippen molar-refractivity contribution < 1.29 is 21.3 Å². The van der Waals surface area contributed by atoms with E-state index in [2.05, 4.69) is 149 Å². The van der Waals surface area contributed by atoms with Gasteiger partial charge in [-0.15, -0.1) is 24.8 Å². The zero-order chi connectivity index (χ0) is 25.6. The zero-order valence-electron chi connectivity index (χ0n) is 23.0. The fourth-order valence-corrected chi connectivity index (χ4v) is 15.6. The number of halogens is 2. The number of benzene rings is 4. The maximum atomic E-state index is 2.62. The van der Waals surface area contributed by atoms with Crippen LogP contribution in [0.3, 0.4) is 0 Å². The van der Waals surface area contributed by atoms with Crippen LogP contribution in [0.15, 0.2) is 130 Å². The Morgan fingerprint density at radius 2 is 1.05 bits per heavy atom. The van der Waals surface area contributed by atoms with Gasteiger partial charge < -0.3 is 0 Å². The summed E-state index contributed by atoms with van der Waals surface area (Å²) >= 11 is -2.67. The van der Waals surface area contributed by atoms with Gasteiger partial charge in [-0.05, 0) is 0 Å². The van der Waals surface area contributed by atoms with Crippen LogP contribution in [0.5, 0.6) is 0 Å². The van der Waals surface area contributed by atoms with Crippen molar-refractivity contribution in [2.75, 3.05) is 0 Å². The second-order valence-corrected chi connectivity index (χ2v) is 17.5. The third kappa shape index (κ3) is 5.52. The molecule has 0 spiro atoms. The maximum absolute atomic E-state index is 2.67. The number of hydrogen-bond acceptors (Lipinski definition) is 0. The summed E-state index contributed by atoms with van der Waals surface area (Å²) in [6.07, 6.45) is 5.17. The maximum Gasteiger partial charge on any atom is -0.147 e. The molecule has 4 aromatic carbocycles. The summed E-state index contributed by atoms with van der Waals surface area (Å²) in [7, 11) is 0. The van der Waals surface area contributed by atoms with Crippen LogP contribution in [-0.4, -0.2) is 3.21 Å². The molecule has 3 heteroatoms. The second-order valence-electron chi connectivity index (χ2n) is 11.4. The van der Waals surface area contributed by atoms with E-state index in [1.54, 1.807) is 6.49 Å². The van der Waals surface area contributed by atoms with Gasteiger partial charge in [0.25, 0.3) is 0 Å². The molecule has 0 saturated carbocycles. The average Bonchev–Trinajstić information content (AvgIpc) is 3.47. The molecule has 0 saturated heterocycles. The SMILES string of the molecule is CC1C=C(C(C)(C)C)C=[C]1[Zr](=[C](c1ccccc1)c1ccccc1)[CH]1c2ccccc2-c2ccccc21.Cl.Cl. The van der Waals surface area contributed by atoms with Crippen LogP contribution in [0.2, 0.25) is 0 Å². The van der Waals surface area contributed by atoms with Gasteiger partial charge in [-0.1, -0.05) is 0 Å². The van der Waals surface area contributed by atoms with Crippen molar-refractivity contribution in [1.29, 1.82) is 0 Å². The van der Waals surface area contributed by atoms with E-state index in [0.717, 1.165) is 0 Å². The first-order chi connectivity index (χ1) is 17.9. The normalized spacial score (nSPS) is 15.7. The second kappa shape index (κ2) is 12.1. The van der Waals surface area contributed by atoms with Crippen molar-refractivity contribution in [3.8, 4) is 11.1 Å². The molecule has 0 heterocycles. The minimum Gasteiger partial charge on any atom is -0.147 e. The molecule has 39 heavy (non-hydrogen) atoms. The Labute approximate surface area is 253 Å². The Hall–Kier alpha value is -2.31. The van der Waals surface area contributed by atoms with Crippen molar-refractivity contribution >= 4 is 28.0 Å². The molecule has 0 radical (unpaired) electrons. The largest absolute Gasteiger partial charge is 0.147 e. The van der Waals surface area contributed by atoms with Crippen LogP contribution in [-0.2, 0) is 21.3 Å². The molecule has 198 valence electrons.